The smallest absolute Gasteiger partial charge is 0.145 e. The number of nitrogens with two attached hydrogens (primary N) is 1. The summed E-state index contributed by atoms with van der Waals surface area (Å²) >= 11 is 0. The van der Waals surface area contributed by atoms with Crippen LogP contribution in [-0.2, 0) is 0 Å². The van der Waals surface area contributed by atoms with Crippen LogP contribution in [0.15, 0.2) is 6.07 Å². The Kier molecular flexibility index (Phi) is 4.55. The highest BCUT2D eigenvalue weighted by Crippen LogP contribution is 2.38. The summed E-state index contributed by atoms with van der Waals surface area (Å²) in [6.07, 6.45) is 7.83. The van der Waals surface area contributed by atoms with Crippen LogP contribution in [0.5, 0.6) is 0 Å². The van der Waals surface area contributed by atoms with Gasteiger partial charge in [0.2, 0.25) is 0 Å². The minimum absolute atomic E-state index is 0.528. The van der Waals surface area contributed by atoms with E-state index in [-0.39, 0.29) is 0 Å². The summed E-state index contributed by atoms with van der Waals surface area (Å²) in [5.41, 5.74) is 2.63. The number of nitrogens with zero attached hydrogens (tertiary/aromatic N) is 3. The lowest BCUT2D eigenvalue weighted by Gasteiger charge is -2.24. The van der Waals surface area contributed by atoms with Gasteiger partial charge in [-0.25, -0.2) is 15.8 Å². The maximum Gasteiger partial charge on any atom is 0.145 e. The summed E-state index contributed by atoms with van der Waals surface area (Å²) in [5, 5.41) is 3.41. The molecule has 0 aliphatic heterocycles. The van der Waals surface area contributed by atoms with E-state index < -0.39 is 0 Å². The van der Waals surface area contributed by atoms with Crippen LogP contribution in [0.25, 0.3) is 0 Å². The zero-order chi connectivity index (χ0) is 14.7. The van der Waals surface area contributed by atoms with Gasteiger partial charge in [0.25, 0.3) is 0 Å². The standard InChI is InChI=1S/C15H26N6/c1-21(12-4-2-3-5-12)9-8-17-13-10-14(20-16)19-15(18-13)11-6-7-11/h10-12H,2-9,16H2,1H3,(H2,17,18,19,20). The number of nitrogen functional groups attached to an aromatic ring is 1. The Labute approximate surface area is 126 Å². The van der Waals surface area contributed by atoms with Gasteiger partial charge >= 0.3 is 0 Å². The van der Waals surface area contributed by atoms with Crippen molar-refractivity contribution in [1.82, 2.24) is 14.9 Å². The molecule has 2 aliphatic rings. The molecular weight excluding hydrogens is 264 g/mol. The van der Waals surface area contributed by atoms with Crippen LogP contribution in [0, 0.1) is 0 Å². The summed E-state index contributed by atoms with van der Waals surface area (Å²) < 4.78 is 0. The van der Waals surface area contributed by atoms with Crippen molar-refractivity contribution in [2.24, 2.45) is 5.84 Å². The Morgan fingerprint density at radius 1 is 1.19 bits per heavy atom. The maximum atomic E-state index is 5.49. The molecule has 1 heterocycles. The van der Waals surface area contributed by atoms with Crippen molar-refractivity contribution in [2.45, 2.75) is 50.5 Å². The van der Waals surface area contributed by atoms with Crippen molar-refractivity contribution < 1.29 is 0 Å². The van der Waals surface area contributed by atoms with E-state index in [1.807, 2.05) is 6.07 Å². The van der Waals surface area contributed by atoms with E-state index in [1.54, 1.807) is 0 Å². The van der Waals surface area contributed by atoms with Crippen molar-refractivity contribution in [3.05, 3.63) is 11.9 Å². The van der Waals surface area contributed by atoms with Gasteiger partial charge in [0.15, 0.2) is 0 Å². The van der Waals surface area contributed by atoms with Crippen molar-refractivity contribution >= 4 is 11.6 Å². The van der Waals surface area contributed by atoms with E-state index in [0.29, 0.717) is 11.7 Å². The molecule has 1 aromatic rings. The zero-order valence-corrected chi connectivity index (χ0v) is 12.8. The van der Waals surface area contributed by atoms with Crippen LogP contribution in [0.4, 0.5) is 11.6 Å². The number of nitrogens with one attached hydrogen (secondary N) is 2. The first kappa shape index (κ1) is 14.5. The monoisotopic (exact) mass is 290 g/mol. The van der Waals surface area contributed by atoms with Crippen molar-refractivity contribution in [3.63, 3.8) is 0 Å². The Balaban J connectivity index is 1.53. The molecule has 116 valence electrons. The van der Waals surface area contributed by atoms with Gasteiger partial charge in [-0.05, 0) is 32.7 Å². The third-order valence-corrected chi connectivity index (χ3v) is 4.55. The average Bonchev–Trinajstić information content (AvgIpc) is 3.21. The van der Waals surface area contributed by atoms with Crippen LogP contribution in [-0.4, -0.2) is 41.0 Å². The fraction of sp³-hybridized carbons (Fsp3) is 0.733. The number of hydrogen-bond donors (Lipinski definition) is 3. The number of hydrazine groups is 1. The van der Waals surface area contributed by atoms with E-state index in [2.05, 4.69) is 32.7 Å². The Morgan fingerprint density at radius 3 is 2.57 bits per heavy atom. The molecule has 3 rings (SSSR count). The molecule has 6 nitrogen and oxygen atoms in total. The fourth-order valence-electron chi connectivity index (χ4n) is 3.04. The summed E-state index contributed by atoms with van der Waals surface area (Å²) in [4.78, 5) is 11.5. The van der Waals surface area contributed by atoms with E-state index in [4.69, 9.17) is 5.84 Å². The topological polar surface area (TPSA) is 79.1 Å². The lowest BCUT2D eigenvalue weighted by Crippen LogP contribution is -2.33. The van der Waals surface area contributed by atoms with Crippen molar-refractivity contribution in [1.29, 1.82) is 0 Å². The minimum atomic E-state index is 0.528. The van der Waals surface area contributed by atoms with Crippen LogP contribution >= 0.6 is 0 Å². The van der Waals surface area contributed by atoms with E-state index in [0.717, 1.165) is 30.8 Å². The molecule has 1 aromatic heterocycles. The van der Waals surface area contributed by atoms with Crippen molar-refractivity contribution in [3.8, 4) is 0 Å². The first-order valence-electron chi connectivity index (χ1n) is 8.06. The van der Waals surface area contributed by atoms with E-state index >= 15 is 0 Å². The number of hydrogen-bond acceptors (Lipinski definition) is 6. The third kappa shape index (κ3) is 3.83. The summed E-state index contributed by atoms with van der Waals surface area (Å²) in [6.45, 7) is 1.94. The lowest BCUT2D eigenvalue weighted by atomic mass is 10.2. The van der Waals surface area contributed by atoms with Gasteiger partial charge in [-0.2, -0.15) is 0 Å². The van der Waals surface area contributed by atoms with Gasteiger partial charge in [-0.15, -0.1) is 0 Å². The van der Waals surface area contributed by atoms with Gasteiger partial charge in [0.05, 0.1) is 0 Å². The van der Waals surface area contributed by atoms with Gasteiger partial charge < -0.3 is 15.6 Å². The molecule has 0 bridgehead atoms. The molecule has 4 N–H and O–H groups in total. The minimum Gasteiger partial charge on any atom is -0.369 e. The molecule has 2 fully saturated rings. The molecule has 0 unspecified atom stereocenters. The van der Waals surface area contributed by atoms with Gasteiger partial charge in [0, 0.05) is 31.1 Å². The van der Waals surface area contributed by atoms with Crippen LogP contribution in [0.2, 0.25) is 0 Å². The molecule has 0 amide bonds. The van der Waals surface area contributed by atoms with Crippen LogP contribution < -0.4 is 16.6 Å². The average molecular weight is 290 g/mol. The van der Waals surface area contributed by atoms with Crippen molar-refractivity contribution in [2.75, 3.05) is 30.9 Å². The predicted octanol–water partition coefficient (Wildman–Crippen LogP) is 1.93. The highest BCUT2D eigenvalue weighted by Gasteiger charge is 2.27. The zero-order valence-electron chi connectivity index (χ0n) is 12.8. The summed E-state index contributed by atoms with van der Waals surface area (Å²) in [6, 6.07) is 2.64. The first-order chi connectivity index (χ1) is 10.3. The largest absolute Gasteiger partial charge is 0.369 e. The third-order valence-electron chi connectivity index (χ3n) is 4.55. The predicted molar refractivity (Wildman–Crippen MR) is 85.2 cm³/mol. The first-order valence-corrected chi connectivity index (χ1v) is 8.06. The second kappa shape index (κ2) is 6.58. The number of rotatable bonds is 7. The molecule has 0 atom stereocenters. The van der Waals surface area contributed by atoms with Gasteiger partial charge in [0.1, 0.15) is 17.5 Å². The molecule has 0 saturated heterocycles. The Morgan fingerprint density at radius 2 is 1.90 bits per heavy atom. The molecule has 21 heavy (non-hydrogen) atoms. The lowest BCUT2D eigenvalue weighted by molar-refractivity contribution is 0.254. The molecule has 0 aromatic carbocycles. The number of aromatic nitrogens is 2. The number of likely N-dealkylation sites (N-methyl/N-ethyl adjacent to an activating group) is 1. The molecule has 2 aliphatic carbocycles. The summed E-state index contributed by atoms with van der Waals surface area (Å²) in [7, 11) is 2.22. The second-order valence-electron chi connectivity index (χ2n) is 6.26. The van der Waals surface area contributed by atoms with E-state index in [9.17, 15) is 0 Å². The van der Waals surface area contributed by atoms with E-state index in [1.165, 1.54) is 38.5 Å². The van der Waals surface area contributed by atoms with Gasteiger partial charge in [-0.1, -0.05) is 12.8 Å². The maximum absolute atomic E-state index is 5.49. The Hall–Kier alpha value is -1.40. The Bertz CT molecular complexity index is 467. The normalized spacial score (nSPS) is 19.2. The quantitative estimate of drug-likeness (QED) is 0.526. The number of anilines is 2. The van der Waals surface area contributed by atoms with Crippen LogP contribution in [0.1, 0.15) is 50.3 Å². The van der Waals surface area contributed by atoms with Gasteiger partial charge in [-0.3, -0.25) is 0 Å². The molecule has 6 heteroatoms. The SMILES string of the molecule is CN(CCNc1cc(NN)nc(C2CC2)n1)C1CCCC1. The molecule has 0 radical (unpaired) electrons. The molecule has 0 spiro atoms. The highest BCUT2D eigenvalue weighted by atomic mass is 15.3. The highest BCUT2D eigenvalue weighted by molar-refractivity contribution is 5.47. The second-order valence-corrected chi connectivity index (χ2v) is 6.26. The summed E-state index contributed by atoms with van der Waals surface area (Å²) in [5.74, 6) is 8.50. The van der Waals surface area contributed by atoms with Crippen LogP contribution in [0.3, 0.4) is 0 Å². The fourth-order valence-corrected chi connectivity index (χ4v) is 3.04. The molecular formula is C15H26N6. The molecule has 2 saturated carbocycles.